The van der Waals surface area contributed by atoms with Crippen LogP contribution in [0.5, 0.6) is 11.5 Å². The lowest BCUT2D eigenvalue weighted by Crippen LogP contribution is -2.51. The average molecular weight is 378 g/mol. The number of methoxy groups -OCH3 is 2. The van der Waals surface area contributed by atoms with E-state index in [0.29, 0.717) is 35.8 Å². The van der Waals surface area contributed by atoms with Crippen LogP contribution in [0.25, 0.3) is 0 Å². The smallest absolute Gasteiger partial charge is 0.270 e. The first-order valence-corrected chi connectivity index (χ1v) is 9.23. The van der Waals surface area contributed by atoms with Crippen LogP contribution in [0.2, 0.25) is 0 Å². The average Bonchev–Trinajstić information content (AvgIpc) is 2.74. The first-order chi connectivity index (χ1) is 13.6. The van der Waals surface area contributed by atoms with Gasteiger partial charge >= 0.3 is 0 Å². The van der Waals surface area contributed by atoms with Gasteiger partial charge in [0, 0.05) is 24.7 Å². The highest BCUT2D eigenvalue weighted by Crippen LogP contribution is 2.39. The van der Waals surface area contributed by atoms with Crippen LogP contribution in [0.4, 0.5) is 0 Å². The Hall–Kier alpha value is -3.28. The number of amides is 1. The molecule has 2 aliphatic rings. The van der Waals surface area contributed by atoms with Gasteiger partial charge in [-0.2, -0.15) is 0 Å². The summed E-state index contributed by atoms with van der Waals surface area (Å²) in [6.45, 7) is 1.15. The van der Waals surface area contributed by atoms with E-state index in [1.54, 1.807) is 38.5 Å². The highest BCUT2D eigenvalue weighted by atomic mass is 16.5. The fraction of sp³-hybridized carbons (Fsp3) is 0.273. The molecule has 0 radical (unpaired) electrons. The minimum Gasteiger partial charge on any atom is -0.493 e. The van der Waals surface area contributed by atoms with Gasteiger partial charge in [-0.1, -0.05) is 30.3 Å². The number of ether oxygens (including phenoxy) is 2. The summed E-state index contributed by atoms with van der Waals surface area (Å²) in [7, 11) is 3.22. The fourth-order valence-electron chi connectivity index (χ4n) is 3.86. The number of ketones is 1. The van der Waals surface area contributed by atoms with E-state index in [0.717, 1.165) is 17.5 Å². The molecule has 0 spiro atoms. The molecule has 2 aromatic carbocycles. The van der Waals surface area contributed by atoms with E-state index < -0.39 is 0 Å². The highest BCUT2D eigenvalue weighted by molar-refractivity contribution is 6.09. The first-order valence-electron chi connectivity index (χ1n) is 9.23. The molecule has 6 heteroatoms. The van der Waals surface area contributed by atoms with Crippen LogP contribution < -0.4 is 14.8 Å². The maximum absolute atomic E-state index is 13.0. The zero-order valence-corrected chi connectivity index (χ0v) is 15.9. The summed E-state index contributed by atoms with van der Waals surface area (Å²) in [6, 6.07) is 12.8. The Labute approximate surface area is 163 Å². The topological polar surface area (TPSA) is 67.9 Å². The van der Waals surface area contributed by atoms with Crippen LogP contribution in [-0.2, 0) is 11.2 Å². The summed E-state index contributed by atoms with van der Waals surface area (Å²) in [4.78, 5) is 27.3. The van der Waals surface area contributed by atoms with Crippen LogP contribution in [0.3, 0.4) is 0 Å². The largest absolute Gasteiger partial charge is 0.493 e. The summed E-state index contributed by atoms with van der Waals surface area (Å²) in [5.74, 6) is 1.01. The molecule has 1 atom stereocenters. The van der Waals surface area contributed by atoms with Crippen molar-refractivity contribution < 1.29 is 19.1 Å². The van der Waals surface area contributed by atoms with Crippen LogP contribution in [0.15, 0.2) is 54.2 Å². The molecule has 0 aliphatic carbocycles. The summed E-state index contributed by atoms with van der Waals surface area (Å²) >= 11 is 0. The SMILES string of the molecule is COc1cc2c(cc1OC)C1CN/C(=C\C(=O)c3ccccc3)C(=O)N1CC2. The van der Waals surface area contributed by atoms with Gasteiger partial charge in [-0.05, 0) is 29.7 Å². The van der Waals surface area contributed by atoms with Crippen molar-refractivity contribution in [3.05, 3.63) is 70.9 Å². The number of nitrogens with zero attached hydrogens (tertiary/aromatic N) is 1. The Morgan fingerprint density at radius 1 is 1.14 bits per heavy atom. The molecule has 1 fully saturated rings. The van der Waals surface area contributed by atoms with Gasteiger partial charge in [0.2, 0.25) is 0 Å². The van der Waals surface area contributed by atoms with Gasteiger partial charge in [-0.25, -0.2) is 0 Å². The molecule has 1 N–H and O–H groups in total. The molecular weight excluding hydrogens is 356 g/mol. The fourth-order valence-corrected chi connectivity index (χ4v) is 3.86. The summed E-state index contributed by atoms with van der Waals surface area (Å²) in [5, 5.41) is 3.15. The van der Waals surface area contributed by atoms with Gasteiger partial charge < -0.3 is 19.7 Å². The van der Waals surface area contributed by atoms with E-state index in [9.17, 15) is 9.59 Å². The normalized spacial score (nSPS) is 19.5. The molecular formula is C22H22N2O4. The molecule has 1 saturated heterocycles. The van der Waals surface area contributed by atoms with E-state index >= 15 is 0 Å². The third kappa shape index (κ3) is 3.11. The third-order valence-electron chi connectivity index (χ3n) is 5.31. The number of fused-ring (bicyclic) bond motifs is 3. The van der Waals surface area contributed by atoms with Crippen molar-refractivity contribution in [3.63, 3.8) is 0 Å². The number of allylic oxidation sites excluding steroid dienone is 1. The zero-order chi connectivity index (χ0) is 19.7. The van der Waals surface area contributed by atoms with Crippen molar-refractivity contribution in [1.82, 2.24) is 10.2 Å². The summed E-state index contributed by atoms with van der Waals surface area (Å²) in [5.41, 5.74) is 3.11. The number of hydrogen-bond donors (Lipinski definition) is 1. The molecule has 2 heterocycles. The molecule has 6 nitrogen and oxygen atoms in total. The van der Waals surface area contributed by atoms with E-state index in [-0.39, 0.29) is 17.7 Å². The Kier molecular flexibility index (Phi) is 4.77. The van der Waals surface area contributed by atoms with Gasteiger partial charge in [-0.3, -0.25) is 9.59 Å². The van der Waals surface area contributed by atoms with Gasteiger partial charge in [0.1, 0.15) is 5.70 Å². The zero-order valence-electron chi connectivity index (χ0n) is 15.9. The summed E-state index contributed by atoms with van der Waals surface area (Å²) < 4.78 is 10.8. The minimum atomic E-state index is -0.182. The van der Waals surface area contributed by atoms with Crippen molar-refractivity contribution in [2.45, 2.75) is 12.5 Å². The standard InChI is InChI=1S/C22H22N2O4/c1-27-20-10-15-8-9-24-18(16(15)11-21(20)28-2)13-23-17(22(24)26)12-19(25)14-6-4-3-5-7-14/h3-7,10-12,18,23H,8-9,13H2,1-2H3/b17-12-. The lowest BCUT2D eigenvalue weighted by atomic mass is 9.90. The number of nitrogens with one attached hydrogen (secondary N) is 1. The molecule has 144 valence electrons. The van der Waals surface area contributed by atoms with Crippen molar-refractivity contribution in [2.24, 2.45) is 0 Å². The molecule has 2 aromatic rings. The monoisotopic (exact) mass is 378 g/mol. The van der Waals surface area contributed by atoms with Crippen LogP contribution in [0.1, 0.15) is 27.5 Å². The van der Waals surface area contributed by atoms with Crippen LogP contribution >= 0.6 is 0 Å². The van der Waals surface area contributed by atoms with Crippen LogP contribution in [0, 0.1) is 0 Å². The molecule has 4 rings (SSSR count). The Morgan fingerprint density at radius 3 is 2.57 bits per heavy atom. The van der Waals surface area contributed by atoms with Crippen molar-refractivity contribution in [3.8, 4) is 11.5 Å². The maximum atomic E-state index is 13.0. The van der Waals surface area contributed by atoms with Gasteiger partial charge in [0.25, 0.3) is 5.91 Å². The number of rotatable bonds is 4. The quantitative estimate of drug-likeness (QED) is 0.654. The lowest BCUT2D eigenvalue weighted by molar-refractivity contribution is -0.132. The molecule has 28 heavy (non-hydrogen) atoms. The lowest BCUT2D eigenvalue weighted by Gasteiger charge is -2.42. The molecule has 1 unspecified atom stereocenters. The van der Waals surface area contributed by atoms with Gasteiger partial charge in [-0.15, -0.1) is 0 Å². The van der Waals surface area contributed by atoms with Crippen molar-refractivity contribution in [2.75, 3.05) is 27.3 Å². The minimum absolute atomic E-state index is 0.0972. The number of benzene rings is 2. The maximum Gasteiger partial charge on any atom is 0.270 e. The number of carbonyl (C=O) groups excluding carboxylic acids is 2. The predicted octanol–water partition coefficient (Wildman–Crippen LogP) is 2.50. The summed E-state index contributed by atoms with van der Waals surface area (Å²) in [6.07, 6.45) is 2.13. The second kappa shape index (κ2) is 7.38. The van der Waals surface area contributed by atoms with Crippen molar-refractivity contribution in [1.29, 1.82) is 0 Å². The second-order valence-corrected chi connectivity index (χ2v) is 6.84. The van der Waals surface area contributed by atoms with E-state index in [4.69, 9.17) is 9.47 Å². The predicted molar refractivity (Wildman–Crippen MR) is 105 cm³/mol. The second-order valence-electron chi connectivity index (χ2n) is 6.84. The van der Waals surface area contributed by atoms with Gasteiger partial charge in [0.15, 0.2) is 17.3 Å². The molecule has 0 bridgehead atoms. The Balaban J connectivity index is 1.61. The van der Waals surface area contributed by atoms with Crippen LogP contribution in [-0.4, -0.2) is 43.9 Å². The van der Waals surface area contributed by atoms with Crippen molar-refractivity contribution >= 4 is 11.7 Å². The highest BCUT2D eigenvalue weighted by Gasteiger charge is 2.37. The van der Waals surface area contributed by atoms with E-state index in [1.165, 1.54) is 6.08 Å². The third-order valence-corrected chi connectivity index (χ3v) is 5.31. The Bertz CT molecular complexity index is 953. The number of piperazine rings is 1. The molecule has 1 amide bonds. The Morgan fingerprint density at radius 2 is 1.86 bits per heavy atom. The number of hydrogen-bond acceptors (Lipinski definition) is 5. The first kappa shape index (κ1) is 18.1. The molecule has 0 saturated carbocycles. The van der Waals surface area contributed by atoms with E-state index in [1.807, 2.05) is 23.1 Å². The van der Waals surface area contributed by atoms with E-state index in [2.05, 4.69) is 5.32 Å². The van der Waals surface area contributed by atoms with Gasteiger partial charge in [0.05, 0.1) is 20.3 Å². The molecule has 0 aromatic heterocycles. The molecule has 2 aliphatic heterocycles. The number of carbonyl (C=O) groups is 2.